The maximum atomic E-state index is 12.8. The first-order chi connectivity index (χ1) is 15.7. The molecule has 13 heteroatoms. The molecule has 0 unspecified atom stereocenters. The van der Waals surface area contributed by atoms with Gasteiger partial charge in [-0.25, -0.2) is 14.8 Å². The van der Waals surface area contributed by atoms with Crippen molar-refractivity contribution in [1.29, 1.82) is 0 Å². The molecule has 0 saturated carbocycles. The van der Waals surface area contributed by atoms with E-state index >= 15 is 0 Å². The van der Waals surface area contributed by atoms with E-state index < -0.39 is 5.97 Å². The van der Waals surface area contributed by atoms with Gasteiger partial charge in [-0.15, -0.1) is 0 Å². The van der Waals surface area contributed by atoms with E-state index in [2.05, 4.69) is 41.2 Å². The highest BCUT2D eigenvalue weighted by atomic mass is 79.9. The summed E-state index contributed by atoms with van der Waals surface area (Å²) in [4.78, 5) is 41.5. The summed E-state index contributed by atoms with van der Waals surface area (Å²) in [5.41, 5.74) is 2.19. The number of hydrogen-bond donors (Lipinski definition) is 4. The van der Waals surface area contributed by atoms with E-state index in [0.29, 0.717) is 57.0 Å². The number of H-pyrrole nitrogens is 2. The molecule has 4 N–H and O–H groups in total. The minimum atomic E-state index is -1.06. The number of amides is 1. The highest BCUT2D eigenvalue weighted by molar-refractivity contribution is 9.10. The number of rotatable bonds is 6. The van der Waals surface area contributed by atoms with Gasteiger partial charge in [0.1, 0.15) is 16.3 Å². The van der Waals surface area contributed by atoms with E-state index in [0.717, 1.165) is 17.0 Å². The zero-order chi connectivity index (χ0) is 23.9. The molecule has 1 aliphatic rings. The first-order valence-electron chi connectivity index (χ1n) is 10.1. The van der Waals surface area contributed by atoms with Gasteiger partial charge in [0.05, 0.1) is 21.6 Å². The highest BCUT2D eigenvalue weighted by Gasteiger charge is 2.34. The Morgan fingerprint density at radius 2 is 2.15 bits per heavy atom. The molecule has 4 rings (SSSR count). The van der Waals surface area contributed by atoms with Crippen LogP contribution >= 0.6 is 38.9 Å². The zero-order valence-corrected chi connectivity index (χ0v) is 21.2. The molecule has 4 heterocycles. The van der Waals surface area contributed by atoms with Crippen LogP contribution < -0.4 is 10.2 Å². The minimum absolute atomic E-state index is 0.118. The van der Waals surface area contributed by atoms with Gasteiger partial charge in [-0.05, 0) is 36.2 Å². The number of nitrogens with zero attached hydrogens (tertiary/aromatic N) is 3. The third kappa shape index (κ3) is 4.65. The Balaban J connectivity index is 1.51. The zero-order valence-electron chi connectivity index (χ0n) is 18.0. The molecular weight excluding hydrogens is 536 g/mol. The topological polar surface area (TPSA) is 136 Å². The van der Waals surface area contributed by atoms with E-state index in [4.69, 9.17) is 16.3 Å². The van der Waals surface area contributed by atoms with Crippen LogP contribution in [0.25, 0.3) is 11.5 Å². The molecule has 10 nitrogen and oxygen atoms in total. The number of halogens is 2. The number of aryl methyl sites for hydroxylation is 2. The van der Waals surface area contributed by atoms with Crippen LogP contribution in [0.4, 0.5) is 5.13 Å². The standard InChI is InChI=1S/C20H22BrClN6O4S/c1-8-6-23-17(24-8)15-16(19(30)31)33-20(27-15)28-5-4-10(11(7-28)32-3)26-18(29)14-12(21)13(22)9(2)25-14/h6,10-11,25H,4-5,7H2,1-3H3,(H,23,24)(H,26,29)(H,30,31)/t10-,11+/m1/s1. The quantitative estimate of drug-likeness (QED) is 0.363. The summed E-state index contributed by atoms with van der Waals surface area (Å²) in [6, 6.07) is -0.237. The third-order valence-electron chi connectivity index (χ3n) is 5.47. The van der Waals surface area contributed by atoms with Gasteiger partial charge in [-0.1, -0.05) is 22.9 Å². The predicted octanol–water partition coefficient (Wildman–Crippen LogP) is 3.62. The molecule has 1 amide bonds. The van der Waals surface area contributed by atoms with Gasteiger partial charge in [0.25, 0.3) is 5.91 Å². The monoisotopic (exact) mass is 556 g/mol. The molecule has 3 aromatic rings. The Morgan fingerprint density at radius 3 is 2.73 bits per heavy atom. The second-order valence-electron chi connectivity index (χ2n) is 7.74. The lowest BCUT2D eigenvalue weighted by atomic mass is 10.0. The minimum Gasteiger partial charge on any atom is -0.477 e. The van der Waals surface area contributed by atoms with Crippen LogP contribution in [0.2, 0.25) is 5.02 Å². The van der Waals surface area contributed by atoms with Crippen LogP contribution in [0.1, 0.15) is 38.0 Å². The van der Waals surface area contributed by atoms with Crippen molar-refractivity contribution in [3.63, 3.8) is 0 Å². The van der Waals surface area contributed by atoms with Crippen LogP contribution in [0.5, 0.6) is 0 Å². The van der Waals surface area contributed by atoms with Crippen molar-refractivity contribution >= 4 is 55.9 Å². The molecule has 0 bridgehead atoms. The number of carbonyl (C=O) groups is 2. The number of carbonyl (C=O) groups excluding carboxylic acids is 1. The third-order valence-corrected chi connectivity index (χ3v) is 8.07. The molecule has 0 aliphatic carbocycles. The fourth-order valence-corrected chi connectivity index (χ4v) is 5.40. The summed E-state index contributed by atoms with van der Waals surface area (Å²) in [6.07, 6.45) is 1.90. The molecule has 2 atom stereocenters. The number of hydrogen-bond acceptors (Lipinski definition) is 7. The molecule has 176 valence electrons. The van der Waals surface area contributed by atoms with Crippen molar-refractivity contribution in [2.24, 2.45) is 0 Å². The van der Waals surface area contributed by atoms with E-state index in [-0.39, 0.29) is 22.9 Å². The van der Waals surface area contributed by atoms with Crippen LogP contribution in [0, 0.1) is 13.8 Å². The summed E-state index contributed by atoms with van der Waals surface area (Å²) in [7, 11) is 1.58. The molecule has 0 radical (unpaired) electrons. The lowest BCUT2D eigenvalue weighted by Gasteiger charge is -2.37. The van der Waals surface area contributed by atoms with Crippen molar-refractivity contribution in [2.75, 3.05) is 25.1 Å². The van der Waals surface area contributed by atoms with Crippen LogP contribution in [0.15, 0.2) is 10.7 Å². The molecule has 0 aromatic carbocycles. The number of aromatic nitrogens is 4. The maximum absolute atomic E-state index is 12.8. The summed E-state index contributed by atoms with van der Waals surface area (Å²) >= 11 is 10.6. The Morgan fingerprint density at radius 1 is 1.39 bits per heavy atom. The smallest absolute Gasteiger partial charge is 0.348 e. The van der Waals surface area contributed by atoms with Crippen LogP contribution in [0.3, 0.4) is 0 Å². The number of anilines is 1. The van der Waals surface area contributed by atoms with Crippen molar-refractivity contribution < 1.29 is 19.4 Å². The lowest BCUT2D eigenvalue weighted by molar-refractivity contribution is 0.0540. The van der Waals surface area contributed by atoms with Crippen molar-refractivity contribution in [2.45, 2.75) is 32.4 Å². The van der Waals surface area contributed by atoms with Gasteiger partial charge >= 0.3 is 5.97 Å². The van der Waals surface area contributed by atoms with Gasteiger partial charge < -0.3 is 30.0 Å². The van der Waals surface area contributed by atoms with Gasteiger partial charge in [-0.2, -0.15) is 0 Å². The summed E-state index contributed by atoms with van der Waals surface area (Å²) < 4.78 is 6.18. The number of ether oxygens (including phenoxy) is 1. The van der Waals surface area contributed by atoms with Crippen LogP contribution in [-0.2, 0) is 4.74 Å². The Bertz CT molecular complexity index is 1210. The fourth-order valence-electron chi connectivity index (χ4n) is 3.75. The van der Waals surface area contributed by atoms with Crippen molar-refractivity contribution in [3.05, 3.63) is 37.7 Å². The normalized spacial score (nSPS) is 18.5. The molecule has 1 saturated heterocycles. The van der Waals surface area contributed by atoms with E-state index in [1.807, 2.05) is 11.8 Å². The number of thiazole rings is 1. The number of piperidine rings is 1. The van der Waals surface area contributed by atoms with Gasteiger partial charge in [0.2, 0.25) is 0 Å². The molecule has 1 fully saturated rings. The average Bonchev–Trinajstić information content (AvgIpc) is 3.48. The first kappa shape index (κ1) is 23.7. The number of carboxylic acids is 1. The Hall–Kier alpha value is -2.41. The van der Waals surface area contributed by atoms with E-state index in [1.165, 1.54) is 0 Å². The first-order valence-corrected chi connectivity index (χ1v) is 12.1. The number of nitrogens with one attached hydrogen (secondary N) is 3. The SMILES string of the molecule is CO[C@H]1CN(c2nc(-c3ncc(C)[nH]3)c(C(=O)O)s2)CC[C@H]1NC(=O)c1[nH]c(C)c(Cl)c1Br. The van der Waals surface area contributed by atoms with Gasteiger partial charge in [-0.3, -0.25) is 4.79 Å². The summed E-state index contributed by atoms with van der Waals surface area (Å²) in [5.74, 6) is -0.919. The maximum Gasteiger partial charge on any atom is 0.348 e. The van der Waals surface area contributed by atoms with Crippen molar-refractivity contribution in [3.8, 4) is 11.5 Å². The summed E-state index contributed by atoms with van der Waals surface area (Å²) in [5, 5.41) is 13.7. The second kappa shape index (κ2) is 9.45. The fraction of sp³-hybridized carbons (Fsp3) is 0.400. The summed E-state index contributed by atoms with van der Waals surface area (Å²) in [6.45, 7) is 4.64. The van der Waals surface area contributed by atoms with Crippen LogP contribution in [-0.4, -0.2) is 69.3 Å². The number of methoxy groups -OCH3 is 1. The number of imidazole rings is 1. The van der Waals surface area contributed by atoms with Gasteiger partial charge in [0.15, 0.2) is 11.0 Å². The molecule has 1 aliphatic heterocycles. The largest absolute Gasteiger partial charge is 0.477 e. The molecule has 0 spiro atoms. The Kier molecular flexibility index (Phi) is 6.80. The van der Waals surface area contributed by atoms with Crippen molar-refractivity contribution in [1.82, 2.24) is 25.3 Å². The van der Waals surface area contributed by atoms with E-state index in [1.54, 1.807) is 20.2 Å². The molecule has 3 aromatic heterocycles. The predicted molar refractivity (Wildman–Crippen MR) is 129 cm³/mol. The number of aromatic carboxylic acids is 1. The number of aromatic amines is 2. The van der Waals surface area contributed by atoms with Gasteiger partial charge in [0, 0.05) is 37.8 Å². The lowest BCUT2D eigenvalue weighted by Crippen LogP contribution is -2.55. The Labute approximate surface area is 206 Å². The molecular formula is C20H22BrClN6O4S. The second-order valence-corrected chi connectivity index (χ2v) is 9.88. The average molecular weight is 558 g/mol. The number of carboxylic acid groups (broad SMARTS) is 1. The van der Waals surface area contributed by atoms with E-state index in [9.17, 15) is 14.7 Å². The highest BCUT2D eigenvalue weighted by Crippen LogP contribution is 2.34. The molecule has 33 heavy (non-hydrogen) atoms.